The molecule has 1 heterocycles. The summed E-state index contributed by atoms with van der Waals surface area (Å²) in [5.74, 6) is -0.616. The number of ether oxygens (including phenoxy) is 1. The van der Waals surface area contributed by atoms with E-state index in [2.05, 4.69) is 26.2 Å². The van der Waals surface area contributed by atoms with Crippen molar-refractivity contribution in [1.82, 2.24) is 10.3 Å². The lowest BCUT2D eigenvalue weighted by atomic mass is 10.2. The van der Waals surface area contributed by atoms with E-state index >= 15 is 0 Å². The molecular weight excluding hydrogens is 330 g/mol. The lowest BCUT2D eigenvalue weighted by Crippen LogP contribution is -2.15. The van der Waals surface area contributed by atoms with Crippen LogP contribution in [0.3, 0.4) is 0 Å². The Morgan fingerprint density at radius 3 is 2.65 bits per heavy atom. The summed E-state index contributed by atoms with van der Waals surface area (Å²) in [6, 6.07) is 6.16. The Kier molecular flexibility index (Phi) is 5.03. The average Bonchev–Trinajstić information content (AvgIpc) is 2.47. The second-order valence-corrected chi connectivity index (χ2v) is 4.99. The first-order valence-corrected chi connectivity index (χ1v) is 6.73. The first-order valence-electron chi connectivity index (χ1n) is 5.94. The Labute approximate surface area is 124 Å². The fourth-order valence-electron chi connectivity index (χ4n) is 1.70. The Morgan fingerprint density at radius 1 is 1.20 bits per heavy atom. The summed E-state index contributed by atoms with van der Waals surface area (Å²) in [4.78, 5) is 4.05. The quantitative estimate of drug-likeness (QED) is 0.845. The van der Waals surface area contributed by atoms with Gasteiger partial charge in [0, 0.05) is 30.9 Å². The molecule has 1 aromatic carbocycles. The van der Waals surface area contributed by atoms with Crippen molar-refractivity contribution in [3.8, 4) is 5.88 Å². The standard InChI is InChI=1S/C14H13BrF2N2O/c1-20-13-5-2-9(7-19-13)6-18-8-10-12(16)4-3-11(15)14(10)17/h2-5,7,18H,6,8H2,1H3. The molecule has 3 nitrogen and oxygen atoms in total. The van der Waals surface area contributed by atoms with Crippen molar-refractivity contribution in [3.63, 3.8) is 0 Å². The smallest absolute Gasteiger partial charge is 0.212 e. The van der Waals surface area contributed by atoms with Gasteiger partial charge in [0.1, 0.15) is 11.6 Å². The molecule has 0 saturated carbocycles. The minimum Gasteiger partial charge on any atom is -0.481 e. The van der Waals surface area contributed by atoms with Crippen LogP contribution in [-0.2, 0) is 13.1 Å². The van der Waals surface area contributed by atoms with E-state index in [1.165, 1.54) is 12.1 Å². The highest BCUT2D eigenvalue weighted by Crippen LogP contribution is 2.21. The van der Waals surface area contributed by atoms with E-state index in [1.807, 2.05) is 6.07 Å². The van der Waals surface area contributed by atoms with E-state index < -0.39 is 11.6 Å². The highest BCUT2D eigenvalue weighted by molar-refractivity contribution is 9.10. The maximum Gasteiger partial charge on any atom is 0.212 e. The van der Waals surface area contributed by atoms with Gasteiger partial charge < -0.3 is 10.1 Å². The van der Waals surface area contributed by atoms with Crippen molar-refractivity contribution in [3.05, 3.63) is 57.7 Å². The zero-order valence-corrected chi connectivity index (χ0v) is 12.4. The van der Waals surface area contributed by atoms with E-state index in [1.54, 1.807) is 19.4 Å². The van der Waals surface area contributed by atoms with Crippen molar-refractivity contribution in [2.75, 3.05) is 7.11 Å². The van der Waals surface area contributed by atoms with Crippen LogP contribution < -0.4 is 10.1 Å². The number of nitrogens with one attached hydrogen (secondary N) is 1. The number of hydrogen-bond donors (Lipinski definition) is 1. The maximum absolute atomic E-state index is 13.7. The van der Waals surface area contributed by atoms with Crippen LogP contribution in [0.25, 0.3) is 0 Å². The highest BCUT2D eigenvalue weighted by Gasteiger charge is 2.11. The molecule has 0 atom stereocenters. The van der Waals surface area contributed by atoms with Gasteiger partial charge in [0.05, 0.1) is 11.6 Å². The van der Waals surface area contributed by atoms with Gasteiger partial charge in [-0.15, -0.1) is 0 Å². The van der Waals surface area contributed by atoms with Crippen molar-refractivity contribution >= 4 is 15.9 Å². The van der Waals surface area contributed by atoms with Crippen LogP contribution in [0.5, 0.6) is 5.88 Å². The van der Waals surface area contributed by atoms with Crippen LogP contribution in [-0.4, -0.2) is 12.1 Å². The number of halogens is 3. The molecule has 0 fully saturated rings. The van der Waals surface area contributed by atoms with Crippen LogP contribution in [0.4, 0.5) is 8.78 Å². The Morgan fingerprint density at radius 2 is 2.00 bits per heavy atom. The van der Waals surface area contributed by atoms with Gasteiger partial charge in [0.25, 0.3) is 0 Å². The first kappa shape index (κ1) is 14.9. The molecule has 2 aromatic rings. The first-order chi connectivity index (χ1) is 9.61. The van der Waals surface area contributed by atoms with Crippen LogP contribution >= 0.6 is 15.9 Å². The fraction of sp³-hybridized carbons (Fsp3) is 0.214. The molecule has 0 aliphatic heterocycles. The van der Waals surface area contributed by atoms with Gasteiger partial charge in [-0.25, -0.2) is 13.8 Å². The highest BCUT2D eigenvalue weighted by atomic mass is 79.9. The summed E-state index contributed by atoms with van der Waals surface area (Å²) in [5, 5.41) is 2.98. The van der Waals surface area contributed by atoms with Gasteiger partial charge in [0.2, 0.25) is 5.88 Å². The van der Waals surface area contributed by atoms with E-state index in [9.17, 15) is 8.78 Å². The SMILES string of the molecule is COc1ccc(CNCc2c(F)ccc(Br)c2F)cn1. The van der Waals surface area contributed by atoms with Gasteiger partial charge in [-0.1, -0.05) is 6.07 Å². The molecule has 0 spiro atoms. The lowest BCUT2D eigenvalue weighted by molar-refractivity contribution is 0.397. The number of aromatic nitrogens is 1. The summed E-state index contributed by atoms with van der Waals surface area (Å²) in [7, 11) is 1.54. The van der Waals surface area contributed by atoms with Gasteiger partial charge in [-0.05, 0) is 33.6 Å². The van der Waals surface area contributed by atoms with Crippen LogP contribution in [0.2, 0.25) is 0 Å². The Hall–Kier alpha value is -1.53. The predicted molar refractivity (Wildman–Crippen MR) is 75.4 cm³/mol. The van der Waals surface area contributed by atoms with Gasteiger partial charge >= 0.3 is 0 Å². The van der Waals surface area contributed by atoms with Crippen molar-refractivity contribution < 1.29 is 13.5 Å². The molecule has 1 aromatic heterocycles. The molecule has 2 rings (SSSR count). The summed E-state index contributed by atoms with van der Waals surface area (Å²) in [6.07, 6.45) is 1.65. The minimum absolute atomic E-state index is 0.0147. The predicted octanol–water partition coefficient (Wildman–Crippen LogP) is 3.42. The third-order valence-electron chi connectivity index (χ3n) is 2.78. The topological polar surface area (TPSA) is 34.1 Å². The molecule has 6 heteroatoms. The second kappa shape index (κ2) is 6.76. The maximum atomic E-state index is 13.7. The molecule has 106 valence electrons. The Balaban J connectivity index is 1.97. The van der Waals surface area contributed by atoms with E-state index in [0.717, 1.165) is 5.56 Å². The molecule has 0 radical (unpaired) electrons. The molecule has 0 unspecified atom stereocenters. The van der Waals surface area contributed by atoms with Crippen LogP contribution in [0.1, 0.15) is 11.1 Å². The number of pyridine rings is 1. The van der Waals surface area contributed by atoms with Crippen molar-refractivity contribution in [1.29, 1.82) is 0 Å². The van der Waals surface area contributed by atoms with Crippen molar-refractivity contribution in [2.45, 2.75) is 13.1 Å². The number of methoxy groups -OCH3 is 1. The monoisotopic (exact) mass is 342 g/mol. The summed E-state index contributed by atoms with van der Waals surface area (Å²) in [6.45, 7) is 0.561. The molecule has 0 aliphatic rings. The number of hydrogen-bond acceptors (Lipinski definition) is 3. The van der Waals surface area contributed by atoms with E-state index in [4.69, 9.17) is 4.74 Å². The average molecular weight is 343 g/mol. The van der Waals surface area contributed by atoms with E-state index in [0.29, 0.717) is 12.4 Å². The normalized spacial score (nSPS) is 10.6. The number of benzene rings is 1. The molecule has 0 saturated heterocycles. The molecule has 0 amide bonds. The zero-order chi connectivity index (χ0) is 14.5. The van der Waals surface area contributed by atoms with Crippen LogP contribution in [0.15, 0.2) is 34.9 Å². The van der Waals surface area contributed by atoms with Crippen LogP contribution in [0, 0.1) is 11.6 Å². The third-order valence-corrected chi connectivity index (χ3v) is 3.39. The third kappa shape index (κ3) is 3.52. The number of nitrogens with zero attached hydrogens (tertiary/aromatic N) is 1. The largest absolute Gasteiger partial charge is 0.481 e. The minimum atomic E-state index is -0.578. The fourth-order valence-corrected chi connectivity index (χ4v) is 2.07. The zero-order valence-electron chi connectivity index (χ0n) is 10.8. The van der Waals surface area contributed by atoms with E-state index in [-0.39, 0.29) is 16.6 Å². The summed E-state index contributed by atoms with van der Waals surface area (Å²) < 4.78 is 32.5. The molecule has 0 aliphatic carbocycles. The summed E-state index contributed by atoms with van der Waals surface area (Å²) in [5.41, 5.74) is 0.919. The molecular formula is C14H13BrF2N2O. The van der Waals surface area contributed by atoms with Crippen molar-refractivity contribution in [2.24, 2.45) is 0 Å². The molecule has 0 bridgehead atoms. The van der Waals surface area contributed by atoms with Gasteiger partial charge in [0.15, 0.2) is 0 Å². The molecule has 20 heavy (non-hydrogen) atoms. The van der Waals surface area contributed by atoms with Gasteiger partial charge in [-0.2, -0.15) is 0 Å². The summed E-state index contributed by atoms with van der Waals surface area (Å²) >= 11 is 3.04. The lowest BCUT2D eigenvalue weighted by Gasteiger charge is -2.08. The second-order valence-electron chi connectivity index (χ2n) is 4.13. The van der Waals surface area contributed by atoms with Gasteiger partial charge in [-0.3, -0.25) is 0 Å². The Bertz CT molecular complexity index is 590. The molecule has 1 N–H and O–H groups in total. The number of rotatable bonds is 5.